The Balaban J connectivity index is 2.50. The number of methoxy groups -OCH3 is 2. The topological polar surface area (TPSA) is 18.5 Å². The van der Waals surface area contributed by atoms with Crippen molar-refractivity contribution in [2.24, 2.45) is 0 Å². The van der Waals surface area contributed by atoms with Gasteiger partial charge in [-0.2, -0.15) is 0 Å². The lowest BCUT2D eigenvalue weighted by atomic mass is 9.88. The van der Waals surface area contributed by atoms with E-state index < -0.39 is 0 Å². The van der Waals surface area contributed by atoms with Crippen LogP contribution in [0.25, 0.3) is 0 Å². The molecule has 0 heterocycles. The smallest absolute Gasteiger partial charge is 0.122 e. The molecule has 1 atom stereocenters. The lowest BCUT2D eigenvalue weighted by Gasteiger charge is -2.21. The molecule has 0 aliphatic carbocycles. The Morgan fingerprint density at radius 2 is 1.30 bits per heavy atom. The summed E-state index contributed by atoms with van der Waals surface area (Å²) in [7, 11) is 6.25. The normalized spacial score (nSPS) is 10.6. The third kappa shape index (κ3) is 3.13. The lowest BCUT2D eigenvalue weighted by Crippen LogP contribution is -2.06. The summed E-state index contributed by atoms with van der Waals surface area (Å²) < 4.78 is 11.0. The van der Waals surface area contributed by atoms with Crippen LogP contribution in [0.15, 0.2) is 48.5 Å². The summed E-state index contributed by atoms with van der Waals surface area (Å²) in [5.41, 5.74) is 2.42. The van der Waals surface area contributed by atoms with Crippen LogP contribution < -0.4 is 9.47 Å². The Kier molecular flexibility index (Phi) is 5.43. The first-order valence-electron chi connectivity index (χ1n) is 6.77. The molecule has 0 radical (unpaired) electrons. The van der Waals surface area contributed by atoms with Crippen molar-refractivity contribution in [3.05, 3.63) is 59.7 Å². The van der Waals surface area contributed by atoms with Crippen LogP contribution in [0.4, 0.5) is 0 Å². The quantitative estimate of drug-likeness (QED) is 0.745. The molecule has 3 heteroatoms. The van der Waals surface area contributed by atoms with E-state index in [1.807, 2.05) is 24.3 Å². The van der Waals surface area contributed by atoms with Crippen molar-refractivity contribution in [1.29, 1.82) is 0 Å². The first-order valence-corrected chi connectivity index (χ1v) is 7.59. The molecule has 2 rings (SSSR count). The number of rotatable bonds is 6. The van der Waals surface area contributed by atoms with E-state index in [1.54, 1.807) is 14.2 Å². The molecule has 0 spiro atoms. The van der Waals surface area contributed by atoms with Crippen molar-refractivity contribution in [3.63, 3.8) is 0 Å². The summed E-state index contributed by atoms with van der Waals surface area (Å²) in [6.07, 6.45) is 2.06. The summed E-state index contributed by atoms with van der Waals surface area (Å²) >= 11 is 0. The fraction of sp³-hybridized carbons (Fsp3) is 0.294. The fourth-order valence-corrected chi connectivity index (χ4v) is 2.89. The van der Waals surface area contributed by atoms with Gasteiger partial charge in [0.25, 0.3) is 0 Å². The van der Waals surface area contributed by atoms with Crippen molar-refractivity contribution in [2.75, 3.05) is 20.4 Å². The molecule has 106 valence electrons. The van der Waals surface area contributed by atoms with Crippen LogP contribution in [0.3, 0.4) is 0 Å². The van der Waals surface area contributed by atoms with E-state index in [4.69, 9.17) is 9.47 Å². The van der Waals surface area contributed by atoms with Crippen LogP contribution >= 0.6 is 9.24 Å². The van der Waals surface area contributed by atoms with Gasteiger partial charge in [0.05, 0.1) is 14.2 Å². The van der Waals surface area contributed by atoms with Gasteiger partial charge in [-0.25, -0.2) is 0 Å². The van der Waals surface area contributed by atoms with Crippen LogP contribution in [-0.2, 0) is 0 Å². The van der Waals surface area contributed by atoms with Gasteiger partial charge in [-0.05, 0) is 24.7 Å². The zero-order valence-corrected chi connectivity index (χ0v) is 13.2. The van der Waals surface area contributed by atoms with Crippen LogP contribution in [-0.4, -0.2) is 20.4 Å². The molecule has 0 saturated heterocycles. The zero-order valence-electron chi connectivity index (χ0n) is 12.0. The molecular weight excluding hydrogens is 267 g/mol. The second-order valence-corrected chi connectivity index (χ2v) is 5.19. The van der Waals surface area contributed by atoms with E-state index in [0.717, 1.165) is 24.1 Å². The van der Waals surface area contributed by atoms with E-state index in [9.17, 15) is 0 Å². The summed E-state index contributed by atoms with van der Waals surface area (Å²) in [6.45, 7) is 0. The molecule has 1 unspecified atom stereocenters. The number of hydrogen-bond acceptors (Lipinski definition) is 2. The van der Waals surface area contributed by atoms with Crippen LogP contribution in [0.2, 0.25) is 0 Å². The van der Waals surface area contributed by atoms with E-state index in [-0.39, 0.29) is 5.92 Å². The second-order valence-electron chi connectivity index (χ2n) is 4.61. The third-order valence-corrected chi connectivity index (χ3v) is 3.82. The third-order valence-electron chi connectivity index (χ3n) is 3.48. The van der Waals surface area contributed by atoms with Gasteiger partial charge in [-0.1, -0.05) is 36.4 Å². The van der Waals surface area contributed by atoms with Gasteiger partial charge in [0.1, 0.15) is 11.5 Å². The molecule has 0 amide bonds. The monoisotopic (exact) mass is 288 g/mol. The largest absolute Gasteiger partial charge is 0.496 e. The fourth-order valence-electron chi connectivity index (χ4n) is 2.55. The molecule has 0 bridgehead atoms. The van der Waals surface area contributed by atoms with Gasteiger partial charge < -0.3 is 9.47 Å². The predicted octanol–water partition coefficient (Wildman–Crippen LogP) is 4.10. The molecule has 2 aromatic rings. The van der Waals surface area contributed by atoms with E-state index >= 15 is 0 Å². The van der Waals surface area contributed by atoms with Crippen molar-refractivity contribution in [3.8, 4) is 11.5 Å². The Morgan fingerprint density at radius 1 is 0.850 bits per heavy atom. The molecule has 2 aromatic carbocycles. The highest BCUT2D eigenvalue weighted by Gasteiger charge is 2.20. The molecule has 0 N–H and O–H groups in total. The van der Waals surface area contributed by atoms with Crippen LogP contribution in [0.1, 0.15) is 23.5 Å². The minimum absolute atomic E-state index is 0.278. The van der Waals surface area contributed by atoms with Gasteiger partial charge in [0.2, 0.25) is 0 Å². The molecule has 0 aromatic heterocycles. The van der Waals surface area contributed by atoms with Crippen molar-refractivity contribution >= 4 is 9.24 Å². The first kappa shape index (κ1) is 14.9. The minimum atomic E-state index is 0.278. The van der Waals surface area contributed by atoms with E-state index in [1.165, 1.54) is 11.1 Å². The molecule has 2 nitrogen and oxygen atoms in total. The average Bonchev–Trinajstić information content (AvgIpc) is 2.52. The Bertz CT molecular complexity index is 507. The van der Waals surface area contributed by atoms with Crippen LogP contribution in [0.5, 0.6) is 11.5 Å². The predicted molar refractivity (Wildman–Crippen MR) is 87.0 cm³/mol. The van der Waals surface area contributed by atoms with Gasteiger partial charge in [-0.3, -0.25) is 0 Å². The maximum Gasteiger partial charge on any atom is 0.122 e. The number of benzene rings is 2. The number of hydrogen-bond donors (Lipinski definition) is 0. The molecule has 20 heavy (non-hydrogen) atoms. The van der Waals surface area contributed by atoms with Gasteiger partial charge >= 0.3 is 0 Å². The summed E-state index contributed by atoms with van der Waals surface area (Å²) in [4.78, 5) is 0. The number of para-hydroxylation sites is 2. The standard InChI is InChI=1S/C17H21O2P/c1-18-16-9-5-3-7-14(16)13(11-12-20)15-8-4-6-10-17(15)19-2/h3-10,13H,11-12,20H2,1-2H3. The maximum atomic E-state index is 5.52. The van der Waals surface area contributed by atoms with Gasteiger partial charge in [0, 0.05) is 17.0 Å². The maximum absolute atomic E-state index is 5.52. The second kappa shape index (κ2) is 7.31. The van der Waals surface area contributed by atoms with Gasteiger partial charge in [0.15, 0.2) is 0 Å². The summed E-state index contributed by atoms with van der Waals surface area (Å²) in [5, 5.41) is 0. The Morgan fingerprint density at radius 3 is 1.70 bits per heavy atom. The summed E-state index contributed by atoms with van der Waals surface area (Å²) in [5.74, 6) is 2.14. The van der Waals surface area contributed by atoms with Gasteiger partial charge in [-0.15, -0.1) is 9.24 Å². The Hall–Kier alpha value is -1.53. The Labute approximate surface area is 123 Å². The number of ether oxygens (including phenoxy) is 2. The van der Waals surface area contributed by atoms with E-state index in [2.05, 4.69) is 33.5 Å². The van der Waals surface area contributed by atoms with E-state index in [0.29, 0.717) is 0 Å². The minimum Gasteiger partial charge on any atom is -0.496 e. The van der Waals surface area contributed by atoms with Crippen molar-refractivity contribution in [1.82, 2.24) is 0 Å². The molecule has 0 saturated carbocycles. The van der Waals surface area contributed by atoms with Crippen molar-refractivity contribution < 1.29 is 9.47 Å². The van der Waals surface area contributed by atoms with Crippen molar-refractivity contribution in [2.45, 2.75) is 12.3 Å². The summed E-state index contributed by atoms with van der Waals surface area (Å²) in [6, 6.07) is 16.4. The van der Waals surface area contributed by atoms with Crippen LogP contribution in [0, 0.1) is 0 Å². The SMILES string of the molecule is COc1ccccc1C(CCP)c1ccccc1OC. The molecule has 0 fully saturated rings. The highest BCUT2D eigenvalue weighted by molar-refractivity contribution is 7.16. The molecular formula is C17H21O2P. The molecule has 0 aliphatic rings. The zero-order chi connectivity index (χ0) is 14.4. The molecule has 0 aliphatic heterocycles. The average molecular weight is 288 g/mol. The first-order chi connectivity index (χ1) is 9.81. The lowest BCUT2D eigenvalue weighted by molar-refractivity contribution is 0.399. The highest BCUT2D eigenvalue weighted by Crippen LogP contribution is 2.38. The highest BCUT2D eigenvalue weighted by atomic mass is 31.0.